The number of alkyl halides is 2. The molecule has 5 aliphatic rings. The quantitative estimate of drug-likeness (QED) is 0.320. The third kappa shape index (κ3) is 4.77. The maximum absolute atomic E-state index is 17.6. The monoisotopic (exact) mass is 617 g/mol. The van der Waals surface area contributed by atoms with E-state index in [-0.39, 0.29) is 37.3 Å². The van der Waals surface area contributed by atoms with Crippen LogP contribution < -0.4 is 5.32 Å². The fourth-order valence-electron chi connectivity index (χ4n) is 9.09. The summed E-state index contributed by atoms with van der Waals surface area (Å²) in [5.41, 5.74) is -6.40. The number of amides is 1. The minimum atomic E-state index is -2.27. The molecule has 0 aromatic heterocycles. The second-order valence-corrected chi connectivity index (χ2v) is 13.7. The van der Waals surface area contributed by atoms with Gasteiger partial charge >= 0.3 is 5.97 Å². The standard InChI is InChI=1S/C34H45F2NO7/c1-5-7-9-22-13-20-14-23-24-16-26(35)25-15-21(38)11-12-31(25,3)33(24,36)27(39)17-32(23,4)34(20,44-22)28(40)19-43-30(42)18-37-29(41)10-8-6-2/h11-13,15,20,23-24,26-27,39H,5-10,14,16-19H2,1-4H3,(H,37,41). The summed E-state index contributed by atoms with van der Waals surface area (Å²) in [5, 5.41) is 14.2. The van der Waals surface area contributed by atoms with Crippen LogP contribution in [0, 0.1) is 28.6 Å². The highest BCUT2D eigenvalue weighted by Gasteiger charge is 2.79. The number of nitrogens with one attached hydrogen (secondary N) is 1. The summed E-state index contributed by atoms with van der Waals surface area (Å²) in [6, 6.07) is 0. The summed E-state index contributed by atoms with van der Waals surface area (Å²) in [7, 11) is 0. The van der Waals surface area contributed by atoms with Crippen molar-refractivity contribution in [1.82, 2.24) is 5.32 Å². The van der Waals surface area contributed by atoms with Crippen LogP contribution in [0.2, 0.25) is 0 Å². The van der Waals surface area contributed by atoms with E-state index in [0.29, 0.717) is 25.0 Å². The molecule has 10 heteroatoms. The molecule has 0 bridgehead atoms. The van der Waals surface area contributed by atoms with Crippen molar-refractivity contribution in [3.8, 4) is 0 Å². The largest absolute Gasteiger partial charge is 0.483 e. The Balaban J connectivity index is 1.44. The van der Waals surface area contributed by atoms with Crippen molar-refractivity contribution in [3.05, 3.63) is 35.6 Å². The summed E-state index contributed by atoms with van der Waals surface area (Å²) in [6.07, 6.45) is 6.66. The summed E-state index contributed by atoms with van der Waals surface area (Å²) in [5.74, 6) is -3.29. The first-order valence-electron chi connectivity index (χ1n) is 16.1. The fourth-order valence-corrected chi connectivity index (χ4v) is 9.09. The van der Waals surface area contributed by atoms with Gasteiger partial charge in [-0.25, -0.2) is 8.78 Å². The smallest absolute Gasteiger partial charge is 0.325 e. The molecule has 0 radical (unpaired) electrons. The molecule has 5 rings (SSSR count). The summed E-state index contributed by atoms with van der Waals surface area (Å²) in [4.78, 5) is 50.8. The zero-order valence-corrected chi connectivity index (χ0v) is 26.1. The zero-order chi connectivity index (χ0) is 32.1. The van der Waals surface area contributed by atoms with Gasteiger partial charge in [0.15, 0.2) is 23.7 Å². The summed E-state index contributed by atoms with van der Waals surface area (Å²) in [6.45, 7) is 6.37. The zero-order valence-electron chi connectivity index (χ0n) is 26.1. The Hall–Kier alpha value is -2.88. The van der Waals surface area contributed by atoms with Crippen LogP contribution in [0.5, 0.6) is 0 Å². The molecule has 0 aromatic carbocycles. The Bertz CT molecular complexity index is 1310. The molecular formula is C34H45F2NO7. The lowest BCUT2D eigenvalue weighted by molar-refractivity contribution is -0.224. The molecule has 9 atom stereocenters. The highest BCUT2D eigenvalue weighted by atomic mass is 19.1. The van der Waals surface area contributed by atoms with E-state index in [9.17, 15) is 24.3 Å². The summed E-state index contributed by atoms with van der Waals surface area (Å²) < 4.78 is 45.3. The van der Waals surface area contributed by atoms with Crippen LogP contribution in [0.25, 0.3) is 0 Å². The van der Waals surface area contributed by atoms with E-state index < -0.39 is 76.3 Å². The molecular weight excluding hydrogens is 572 g/mol. The number of unbranched alkanes of at least 4 members (excludes halogenated alkanes) is 2. The summed E-state index contributed by atoms with van der Waals surface area (Å²) >= 11 is 0. The van der Waals surface area contributed by atoms with Crippen LogP contribution in [-0.4, -0.2) is 65.2 Å². The van der Waals surface area contributed by atoms with Gasteiger partial charge in [-0.1, -0.05) is 39.7 Å². The van der Waals surface area contributed by atoms with Gasteiger partial charge in [-0.2, -0.15) is 0 Å². The van der Waals surface area contributed by atoms with Crippen molar-refractivity contribution in [2.75, 3.05) is 13.2 Å². The van der Waals surface area contributed by atoms with Crippen LogP contribution >= 0.6 is 0 Å². The van der Waals surface area contributed by atoms with E-state index in [4.69, 9.17) is 9.47 Å². The molecule has 1 aliphatic heterocycles. The molecule has 1 heterocycles. The number of allylic oxidation sites excluding steroid dienone is 5. The second kappa shape index (κ2) is 11.8. The number of carbonyl (C=O) groups excluding carboxylic acids is 4. The van der Waals surface area contributed by atoms with Crippen molar-refractivity contribution >= 4 is 23.4 Å². The first kappa shape index (κ1) is 32.5. The van der Waals surface area contributed by atoms with Gasteiger partial charge in [0.05, 0.1) is 11.9 Å². The Morgan fingerprint density at radius 2 is 1.86 bits per heavy atom. The highest BCUT2D eigenvalue weighted by Crippen LogP contribution is 2.73. The van der Waals surface area contributed by atoms with Gasteiger partial charge in [-0.15, -0.1) is 0 Å². The van der Waals surface area contributed by atoms with Crippen molar-refractivity contribution in [2.45, 2.75) is 109 Å². The Labute approximate surface area is 257 Å². The number of esters is 1. The van der Waals surface area contributed by atoms with Crippen molar-refractivity contribution < 1.29 is 42.5 Å². The second-order valence-electron chi connectivity index (χ2n) is 13.7. The number of rotatable bonds is 11. The van der Waals surface area contributed by atoms with Gasteiger partial charge in [0.2, 0.25) is 11.7 Å². The third-order valence-electron chi connectivity index (χ3n) is 11.3. The van der Waals surface area contributed by atoms with E-state index in [1.807, 2.05) is 26.8 Å². The predicted molar refractivity (Wildman–Crippen MR) is 157 cm³/mol. The lowest BCUT2D eigenvalue weighted by atomic mass is 9.44. The lowest BCUT2D eigenvalue weighted by Crippen LogP contribution is -2.70. The van der Waals surface area contributed by atoms with Gasteiger partial charge in [-0.3, -0.25) is 19.2 Å². The van der Waals surface area contributed by atoms with Crippen LogP contribution in [0.4, 0.5) is 8.78 Å². The van der Waals surface area contributed by atoms with Crippen LogP contribution in [0.1, 0.15) is 85.5 Å². The van der Waals surface area contributed by atoms with Crippen molar-refractivity contribution in [3.63, 3.8) is 0 Å². The Kier molecular flexibility index (Phi) is 8.72. The normalized spacial score (nSPS) is 40.1. The predicted octanol–water partition coefficient (Wildman–Crippen LogP) is 4.79. The number of carbonyl (C=O) groups is 4. The van der Waals surface area contributed by atoms with Crippen LogP contribution in [0.3, 0.4) is 0 Å². The number of hydrogen-bond donors (Lipinski definition) is 2. The van der Waals surface area contributed by atoms with Gasteiger partial charge in [-0.05, 0) is 68.7 Å². The molecule has 1 amide bonds. The number of ether oxygens (including phenoxy) is 2. The molecule has 9 unspecified atom stereocenters. The number of aliphatic hydroxyl groups excluding tert-OH is 1. The average molecular weight is 618 g/mol. The molecule has 3 fully saturated rings. The fraction of sp³-hybridized carbons (Fsp3) is 0.706. The Morgan fingerprint density at radius 1 is 1.14 bits per heavy atom. The SMILES string of the molecule is CCCCC(=O)NCC(=O)OCC(=O)C12OC(CCCC)=CC1CC1C3CC(F)C4=CC(=O)C=CC4(C)C3(F)C(O)CC12C. The maximum atomic E-state index is 17.6. The van der Waals surface area contributed by atoms with E-state index in [0.717, 1.165) is 25.3 Å². The molecule has 2 N–H and O–H groups in total. The topological polar surface area (TPSA) is 119 Å². The molecule has 242 valence electrons. The van der Waals surface area contributed by atoms with Crippen molar-refractivity contribution in [2.24, 2.45) is 28.6 Å². The van der Waals surface area contributed by atoms with Crippen LogP contribution in [0.15, 0.2) is 35.6 Å². The molecule has 0 saturated heterocycles. The lowest BCUT2D eigenvalue weighted by Gasteiger charge is -2.63. The molecule has 3 saturated carbocycles. The number of ketones is 2. The average Bonchev–Trinajstić information content (AvgIpc) is 3.47. The van der Waals surface area contributed by atoms with Crippen molar-refractivity contribution in [1.29, 1.82) is 0 Å². The Morgan fingerprint density at radius 3 is 2.57 bits per heavy atom. The van der Waals surface area contributed by atoms with Gasteiger partial charge in [0, 0.05) is 35.5 Å². The van der Waals surface area contributed by atoms with E-state index >= 15 is 8.78 Å². The van der Waals surface area contributed by atoms with E-state index in [2.05, 4.69) is 5.32 Å². The molecule has 0 spiro atoms. The van der Waals surface area contributed by atoms with Gasteiger partial charge < -0.3 is 19.9 Å². The molecule has 4 aliphatic carbocycles. The number of Topliss-reactive ketones (excluding diaryl/α,β-unsaturated/α-hetero) is 1. The van der Waals surface area contributed by atoms with Crippen LogP contribution in [-0.2, 0) is 28.7 Å². The number of hydrogen-bond acceptors (Lipinski definition) is 7. The molecule has 44 heavy (non-hydrogen) atoms. The van der Waals surface area contributed by atoms with Gasteiger partial charge in [0.25, 0.3) is 0 Å². The van der Waals surface area contributed by atoms with E-state index in [1.54, 1.807) is 6.92 Å². The first-order valence-corrected chi connectivity index (χ1v) is 16.1. The highest BCUT2D eigenvalue weighted by molar-refractivity contribution is 6.01. The molecule has 0 aromatic rings. The third-order valence-corrected chi connectivity index (χ3v) is 11.3. The number of fused-ring (bicyclic) bond motifs is 7. The number of halogens is 2. The minimum absolute atomic E-state index is 0.0436. The maximum Gasteiger partial charge on any atom is 0.325 e. The van der Waals surface area contributed by atoms with E-state index in [1.165, 1.54) is 12.2 Å². The minimum Gasteiger partial charge on any atom is -0.483 e. The molecule has 8 nitrogen and oxygen atoms in total. The first-order chi connectivity index (χ1) is 20.8. The van der Waals surface area contributed by atoms with Gasteiger partial charge in [0.1, 0.15) is 12.7 Å². The number of aliphatic hydroxyl groups is 1.